The van der Waals surface area contributed by atoms with E-state index in [1.807, 2.05) is 11.8 Å². The molecule has 0 aliphatic carbocycles. The summed E-state index contributed by atoms with van der Waals surface area (Å²) in [6.07, 6.45) is 3.26. The molecule has 1 aromatic carbocycles. The van der Waals surface area contributed by atoms with E-state index in [0.29, 0.717) is 25.6 Å². The maximum Gasteiger partial charge on any atom is 0.226 e. The molecule has 1 atom stereocenters. The Bertz CT molecular complexity index is 855. The number of hydrogen-bond donors (Lipinski definition) is 0. The first-order valence-electron chi connectivity index (χ1n) is 9.78. The molecule has 0 radical (unpaired) electrons. The molecule has 148 valence electrons. The Morgan fingerprint density at radius 1 is 1.21 bits per heavy atom. The molecule has 2 aliphatic heterocycles. The van der Waals surface area contributed by atoms with Crippen LogP contribution in [-0.2, 0) is 9.53 Å². The maximum absolute atomic E-state index is 13.9. The fourth-order valence-electron chi connectivity index (χ4n) is 3.88. The summed E-state index contributed by atoms with van der Waals surface area (Å²) < 4.78 is 25.0. The van der Waals surface area contributed by atoms with Crippen molar-refractivity contribution in [3.05, 3.63) is 47.7 Å². The highest BCUT2D eigenvalue weighted by Gasteiger charge is 2.36. The minimum atomic E-state index is -0.447. The summed E-state index contributed by atoms with van der Waals surface area (Å²) in [6, 6.07) is 7.72. The number of aromatic nitrogens is 2. The zero-order valence-electron chi connectivity index (χ0n) is 15.9. The summed E-state index contributed by atoms with van der Waals surface area (Å²) in [5, 5.41) is 0. The lowest BCUT2D eigenvalue weighted by atomic mass is 9.98. The molecule has 0 N–H and O–H groups in total. The van der Waals surface area contributed by atoms with Crippen molar-refractivity contribution in [3.63, 3.8) is 0 Å². The number of amides is 1. The van der Waals surface area contributed by atoms with E-state index < -0.39 is 5.82 Å². The lowest BCUT2D eigenvalue weighted by Crippen LogP contribution is -2.38. The minimum Gasteiger partial charge on any atom is -0.436 e. The third-order valence-electron chi connectivity index (χ3n) is 5.30. The lowest BCUT2D eigenvalue weighted by Gasteiger charge is -2.30. The molecular formula is C21H24FN3O3. The number of carbonyl (C=O) groups is 1. The zero-order valence-corrected chi connectivity index (χ0v) is 15.9. The van der Waals surface area contributed by atoms with Crippen LogP contribution in [0.15, 0.2) is 30.3 Å². The third-order valence-corrected chi connectivity index (χ3v) is 5.30. The topological polar surface area (TPSA) is 64.5 Å². The number of aryl methyl sites for hydroxylation is 1. The highest BCUT2D eigenvalue weighted by Crippen LogP contribution is 2.34. The summed E-state index contributed by atoms with van der Waals surface area (Å²) >= 11 is 0. The van der Waals surface area contributed by atoms with Gasteiger partial charge in [-0.25, -0.2) is 9.37 Å². The largest absolute Gasteiger partial charge is 0.436 e. The Hall–Kier alpha value is -2.54. The van der Waals surface area contributed by atoms with Crippen LogP contribution in [-0.4, -0.2) is 40.5 Å². The molecule has 1 aromatic heterocycles. The van der Waals surface area contributed by atoms with Crippen LogP contribution in [0.4, 0.5) is 4.39 Å². The second-order valence-electron chi connectivity index (χ2n) is 7.31. The van der Waals surface area contributed by atoms with Crippen LogP contribution in [0.1, 0.15) is 43.2 Å². The van der Waals surface area contributed by atoms with Gasteiger partial charge in [-0.05, 0) is 44.7 Å². The van der Waals surface area contributed by atoms with Gasteiger partial charge in [0.15, 0.2) is 17.4 Å². The van der Waals surface area contributed by atoms with Gasteiger partial charge < -0.3 is 14.4 Å². The molecule has 6 nitrogen and oxygen atoms in total. The minimum absolute atomic E-state index is 0.00768. The summed E-state index contributed by atoms with van der Waals surface area (Å²) in [6.45, 7) is 3.83. The van der Waals surface area contributed by atoms with Gasteiger partial charge in [0.25, 0.3) is 0 Å². The van der Waals surface area contributed by atoms with Crippen molar-refractivity contribution in [2.24, 2.45) is 5.92 Å². The van der Waals surface area contributed by atoms with E-state index in [1.54, 1.807) is 24.3 Å². The standard InChI is InChI=1S/C21H24FN3O3/c1-14-13-19(28-18-7-3-2-5-16(18)22)24-20(23-14)17-6-4-10-25(17)21(26)15-8-11-27-12-9-15/h2-3,5,7,13,15,17H,4,6,8-12H2,1H3/t17-/m1/s1. The predicted octanol–water partition coefficient (Wildman–Crippen LogP) is 3.81. The van der Waals surface area contributed by atoms with E-state index in [0.717, 1.165) is 31.4 Å². The molecule has 0 saturated carbocycles. The number of hydrogen-bond acceptors (Lipinski definition) is 5. The first-order chi connectivity index (χ1) is 13.6. The van der Waals surface area contributed by atoms with Crippen molar-refractivity contribution in [3.8, 4) is 11.6 Å². The van der Waals surface area contributed by atoms with Crippen LogP contribution >= 0.6 is 0 Å². The van der Waals surface area contributed by atoms with E-state index in [1.165, 1.54) is 6.07 Å². The molecule has 1 amide bonds. The first kappa shape index (κ1) is 18.8. The number of carbonyl (C=O) groups excluding carboxylic acids is 1. The van der Waals surface area contributed by atoms with Crippen LogP contribution in [0.3, 0.4) is 0 Å². The quantitative estimate of drug-likeness (QED) is 0.801. The predicted molar refractivity (Wildman–Crippen MR) is 100 cm³/mol. The van der Waals surface area contributed by atoms with Gasteiger partial charge in [-0.3, -0.25) is 4.79 Å². The Labute approximate surface area is 163 Å². The van der Waals surface area contributed by atoms with Gasteiger partial charge in [-0.15, -0.1) is 0 Å². The van der Waals surface area contributed by atoms with Gasteiger partial charge in [-0.1, -0.05) is 12.1 Å². The van der Waals surface area contributed by atoms with Crippen molar-refractivity contribution in [2.75, 3.05) is 19.8 Å². The fourth-order valence-corrected chi connectivity index (χ4v) is 3.88. The lowest BCUT2D eigenvalue weighted by molar-refractivity contribution is -0.139. The van der Waals surface area contributed by atoms with E-state index in [4.69, 9.17) is 9.47 Å². The molecule has 0 bridgehead atoms. The van der Waals surface area contributed by atoms with Gasteiger partial charge >= 0.3 is 0 Å². The monoisotopic (exact) mass is 385 g/mol. The van der Waals surface area contributed by atoms with Gasteiger partial charge in [-0.2, -0.15) is 4.98 Å². The van der Waals surface area contributed by atoms with Crippen molar-refractivity contribution in [2.45, 2.75) is 38.6 Å². The zero-order chi connectivity index (χ0) is 19.5. The van der Waals surface area contributed by atoms with Crippen LogP contribution in [0, 0.1) is 18.7 Å². The van der Waals surface area contributed by atoms with E-state index in [9.17, 15) is 9.18 Å². The normalized spacial score (nSPS) is 20.4. The van der Waals surface area contributed by atoms with Crippen molar-refractivity contribution >= 4 is 5.91 Å². The van der Waals surface area contributed by atoms with Crippen molar-refractivity contribution < 1.29 is 18.7 Å². The summed E-state index contributed by atoms with van der Waals surface area (Å²) in [5.41, 5.74) is 0.724. The average molecular weight is 385 g/mol. The molecule has 2 aliphatic rings. The molecule has 2 aromatic rings. The summed E-state index contributed by atoms with van der Waals surface area (Å²) in [4.78, 5) is 24.0. The molecule has 7 heteroatoms. The highest BCUT2D eigenvalue weighted by molar-refractivity contribution is 5.79. The van der Waals surface area contributed by atoms with Gasteiger partial charge in [0.05, 0.1) is 6.04 Å². The smallest absolute Gasteiger partial charge is 0.226 e. The Morgan fingerprint density at radius 2 is 2.00 bits per heavy atom. The molecule has 4 rings (SSSR count). The summed E-state index contributed by atoms with van der Waals surface area (Å²) in [5.74, 6) is 0.689. The molecule has 28 heavy (non-hydrogen) atoms. The highest BCUT2D eigenvalue weighted by atomic mass is 19.1. The number of rotatable bonds is 4. The van der Waals surface area contributed by atoms with Gasteiger partial charge in [0.2, 0.25) is 11.8 Å². The third kappa shape index (κ3) is 3.99. The molecule has 0 spiro atoms. The van der Waals surface area contributed by atoms with Crippen LogP contribution in [0.5, 0.6) is 11.6 Å². The van der Waals surface area contributed by atoms with Crippen LogP contribution in [0.25, 0.3) is 0 Å². The number of halogens is 1. The number of likely N-dealkylation sites (tertiary alicyclic amines) is 1. The van der Waals surface area contributed by atoms with E-state index >= 15 is 0 Å². The average Bonchev–Trinajstić information content (AvgIpc) is 3.19. The summed E-state index contributed by atoms with van der Waals surface area (Å²) in [7, 11) is 0. The Kier molecular flexibility index (Phi) is 5.52. The second kappa shape index (κ2) is 8.22. The molecule has 3 heterocycles. The maximum atomic E-state index is 13.9. The van der Waals surface area contributed by atoms with Crippen molar-refractivity contribution in [1.82, 2.24) is 14.9 Å². The molecule has 0 unspecified atom stereocenters. The first-order valence-corrected chi connectivity index (χ1v) is 9.78. The molecule has 2 fully saturated rings. The Morgan fingerprint density at radius 3 is 2.79 bits per heavy atom. The number of ether oxygens (including phenoxy) is 2. The van der Waals surface area contributed by atoms with E-state index in [2.05, 4.69) is 9.97 Å². The molecular weight excluding hydrogens is 361 g/mol. The Balaban J connectivity index is 1.56. The van der Waals surface area contributed by atoms with Gasteiger partial charge in [0, 0.05) is 37.4 Å². The second-order valence-corrected chi connectivity index (χ2v) is 7.31. The molecule has 2 saturated heterocycles. The van der Waals surface area contributed by atoms with Crippen molar-refractivity contribution in [1.29, 1.82) is 0 Å². The number of nitrogens with zero attached hydrogens (tertiary/aromatic N) is 3. The van der Waals surface area contributed by atoms with E-state index in [-0.39, 0.29) is 29.5 Å². The number of para-hydroxylation sites is 1. The SMILES string of the molecule is Cc1cc(Oc2ccccc2F)nc([C@H]2CCCN2C(=O)C2CCOCC2)n1. The van der Waals surface area contributed by atoms with Gasteiger partial charge in [0.1, 0.15) is 0 Å². The number of benzene rings is 1. The fraction of sp³-hybridized carbons (Fsp3) is 0.476. The van der Waals surface area contributed by atoms with Crippen LogP contribution < -0.4 is 4.74 Å². The van der Waals surface area contributed by atoms with Crippen LogP contribution in [0.2, 0.25) is 0 Å².